The number of benzene rings is 1. The van der Waals surface area contributed by atoms with Crippen molar-refractivity contribution in [1.29, 1.82) is 0 Å². The summed E-state index contributed by atoms with van der Waals surface area (Å²) in [5, 5.41) is 7.05. The highest BCUT2D eigenvalue weighted by molar-refractivity contribution is 7.71. The predicted molar refractivity (Wildman–Crippen MR) is 77.8 cm³/mol. The van der Waals surface area contributed by atoms with E-state index >= 15 is 0 Å². The van der Waals surface area contributed by atoms with E-state index in [1.165, 1.54) is 5.56 Å². The summed E-state index contributed by atoms with van der Waals surface area (Å²) < 4.78 is 8.40. The van der Waals surface area contributed by atoms with Gasteiger partial charge in [0.15, 0.2) is 10.6 Å². The Hall–Kier alpha value is -1.62. The largest absolute Gasteiger partial charge is 0.486 e. The van der Waals surface area contributed by atoms with Crippen molar-refractivity contribution in [2.45, 2.75) is 39.8 Å². The predicted octanol–water partition coefficient (Wildman–Crippen LogP) is 3.63. The molecule has 2 aromatic rings. The first-order valence-corrected chi connectivity index (χ1v) is 6.95. The molecular formula is C14H19N3OS. The van der Waals surface area contributed by atoms with Crippen molar-refractivity contribution < 1.29 is 4.74 Å². The minimum Gasteiger partial charge on any atom is -0.486 e. The molecule has 0 fully saturated rings. The van der Waals surface area contributed by atoms with Gasteiger partial charge < -0.3 is 9.30 Å². The minimum atomic E-state index is 0.430. The summed E-state index contributed by atoms with van der Waals surface area (Å²) in [6.07, 6.45) is 2.22. The van der Waals surface area contributed by atoms with Crippen molar-refractivity contribution in [2.24, 2.45) is 0 Å². The van der Waals surface area contributed by atoms with Crippen molar-refractivity contribution in [3.05, 3.63) is 40.4 Å². The van der Waals surface area contributed by atoms with Crippen LogP contribution in [0.5, 0.6) is 5.75 Å². The molecule has 102 valence electrons. The van der Waals surface area contributed by atoms with Crippen LogP contribution in [0.4, 0.5) is 0 Å². The van der Waals surface area contributed by atoms with Gasteiger partial charge >= 0.3 is 0 Å². The highest BCUT2D eigenvalue weighted by atomic mass is 32.1. The number of hydrogen-bond donors (Lipinski definition) is 1. The lowest BCUT2D eigenvalue weighted by atomic mass is 10.2. The van der Waals surface area contributed by atoms with Crippen LogP contribution >= 0.6 is 12.2 Å². The Morgan fingerprint density at radius 1 is 1.32 bits per heavy atom. The van der Waals surface area contributed by atoms with E-state index in [1.807, 2.05) is 28.8 Å². The number of rotatable bonds is 6. The lowest BCUT2D eigenvalue weighted by molar-refractivity contribution is 0.288. The highest BCUT2D eigenvalue weighted by Gasteiger charge is 2.06. The molecule has 0 saturated heterocycles. The van der Waals surface area contributed by atoms with Gasteiger partial charge in [0.1, 0.15) is 12.4 Å². The van der Waals surface area contributed by atoms with Crippen LogP contribution in [0.25, 0.3) is 0 Å². The van der Waals surface area contributed by atoms with Gasteiger partial charge in [-0.2, -0.15) is 5.10 Å². The Bertz CT molecular complexity index is 571. The van der Waals surface area contributed by atoms with Gasteiger partial charge in [0, 0.05) is 6.54 Å². The van der Waals surface area contributed by atoms with Gasteiger partial charge in [0.25, 0.3) is 0 Å². The Morgan fingerprint density at radius 2 is 2.05 bits per heavy atom. The van der Waals surface area contributed by atoms with E-state index in [0.29, 0.717) is 11.4 Å². The number of ether oxygens (including phenoxy) is 1. The summed E-state index contributed by atoms with van der Waals surface area (Å²) >= 11 is 5.22. The zero-order valence-corrected chi connectivity index (χ0v) is 12.2. The summed E-state index contributed by atoms with van der Waals surface area (Å²) in [5.74, 6) is 1.69. The van der Waals surface area contributed by atoms with Gasteiger partial charge in [-0.1, -0.05) is 31.0 Å². The Kier molecular flexibility index (Phi) is 4.74. The fourth-order valence-electron chi connectivity index (χ4n) is 1.79. The number of aromatic nitrogens is 3. The fraction of sp³-hybridized carbons (Fsp3) is 0.429. The maximum atomic E-state index is 5.73. The average molecular weight is 277 g/mol. The summed E-state index contributed by atoms with van der Waals surface area (Å²) in [6.45, 7) is 5.53. The second-order valence-electron chi connectivity index (χ2n) is 4.55. The second-order valence-corrected chi connectivity index (χ2v) is 4.94. The maximum absolute atomic E-state index is 5.73. The summed E-state index contributed by atoms with van der Waals surface area (Å²) in [7, 11) is 0. The van der Waals surface area contributed by atoms with Crippen molar-refractivity contribution in [3.8, 4) is 5.75 Å². The van der Waals surface area contributed by atoms with E-state index in [4.69, 9.17) is 17.0 Å². The van der Waals surface area contributed by atoms with Crippen LogP contribution in [0.15, 0.2) is 24.3 Å². The van der Waals surface area contributed by atoms with E-state index in [9.17, 15) is 0 Å². The van der Waals surface area contributed by atoms with Gasteiger partial charge in [0.05, 0.1) is 0 Å². The molecule has 0 spiro atoms. The number of unbranched alkanes of at least 4 members (excludes halogenated alkanes) is 1. The third-order valence-corrected chi connectivity index (χ3v) is 3.27. The van der Waals surface area contributed by atoms with Crippen LogP contribution in [0.1, 0.15) is 31.2 Å². The van der Waals surface area contributed by atoms with Crippen LogP contribution < -0.4 is 4.74 Å². The molecule has 19 heavy (non-hydrogen) atoms. The van der Waals surface area contributed by atoms with Gasteiger partial charge in [-0.15, -0.1) is 0 Å². The molecule has 1 N–H and O–H groups in total. The second kappa shape index (κ2) is 6.52. The summed E-state index contributed by atoms with van der Waals surface area (Å²) in [6, 6.07) is 7.99. The van der Waals surface area contributed by atoms with Crippen LogP contribution in [0, 0.1) is 11.7 Å². The molecule has 0 aliphatic heterocycles. The number of nitrogens with one attached hydrogen (secondary N) is 1. The van der Waals surface area contributed by atoms with Crippen molar-refractivity contribution in [1.82, 2.24) is 14.8 Å². The highest BCUT2D eigenvalue weighted by Crippen LogP contribution is 2.13. The fourth-order valence-corrected chi connectivity index (χ4v) is 2.03. The molecule has 4 nitrogen and oxygen atoms in total. The molecule has 0 radical (unpaired) electrons. The Morgan fingerprint density at radius 3 is 2.74 bits per heavy atom. The molecular weight excluding hydrogens is 258 g/mol. The van der Waals surface area contributed by atoms with E-state index in [0.717, 1.165) is 31.0 Å². The number of hydrogen-bond acceptors (Lipinski definition) is 3. The average Bonchev–Trinajstić information content (AvgIpc) is 2.76. The number of aryl methyl sites for hydroxylation is 1. The van der Waals surface area contributed by atoms with Gasteiger partial charge in [-0.25, -0.2) is 0 Å². The lowest BCUT2D eigenvalue weighted by Crippen LogP contribution is -2.07. The van der Waals surface area contributed by atoms with Crippen molar-refractivity contribution >= 4 is 12.2 Å². The van der Waals surface area contributed by atoms with Crippen LogP contribution in [-0.2, 0) is 13.2 Å². The van der Waals surface area contributed by atoms with E-state index in [1.54, 1.807) is 0 Å². The molecule has 5 heteroatoms. The molecule has 1 aromatic heterocycles. The third kappa shape index (κ3) is 3.67. The maximum Gasteiger partial charge on any atom is 0.195 e. The number of nitrogens with zero attached hydrogens (tertiary/aromatic N) is 2. The zero-order valence-electron chi connectivity index (χ0n) is 11.3. The van der Waals surface area contributed by atoms with E-state index in [-0.39, 0.29) is 0 Å². The number of H-pyrrole nitrogens is 1. The summed E-state index contributed by atoms with van der Waals surface area (Å²) in [4.78, 5) is 0. The quantitative estimate of drug-likeness (QED) is 0.820. The standard InChI is InChI=1S/C14H19N3OS/c1-3-4-9-17-13(15-16-14(17)19)10-18-12-7-5-11(2)6-8-12/h5-8H,3-4,9-10H2,1-2H3,(H,16,19). The molecule has 0 bridgehead atoms. The molecule has 0 atom stereocenters. The third-order valence-electron chi connectivity index (χ3n) is 2.96. The SMILES string of the molecule is CCCCn1c(COc2ccc(C)cc2)n[nH]c1=S. The van der Waals surface area contributed by atoms with E-state index in [2.05, 4.69) is 24.0 Å². The molecule has 0 unspecified atom stereocenters. The number of aromatic amines is 1. The molecule has 2 rings (SSSR count). The first-order valence-electron chi connectivity index (χ1n) is 6.54. The van der Waals surface area contributed by atoms with Gasteiger partial charge in [-0.05, 0) is 37.7 Å². The van der Waals surface area contributed by atoms with E-state index < -0.39 is 0 Å². The van der Waals surface area contributed by atoms with Crippen LogP contribution in [-0.4, -0.2) is 14.8 Å². The first kappa shape index (κ1) is 13.8. The lowest BCUT2D eigenvalue weighted by Gasteiger charge is -2.08. The molecule has 0 amide bonds. The molecule has 1 aromatic carbocycles. The van der Waals surface area contributed by atoms with Crippen LogP contribution in [0.3, 0.4) is 0 Å². The normalized spacial score (nSPS) is 10.6. The molecule has 0 saturated carbocycles. The topological polar surface area (TPSA) is 42.8 Å². The Balaban J connectivity index is 2.03. The first-order chi connectivity index (χ1) is 9.20. The van der Waals surface area contributed by atoms with Gasteiger partial charge in [0.2, 0.25) is 0 Å². The molecule has 0 aliphatic rings. The Labute approximate surface area is 118 Å². The van der Waals surface area contributed by atoms with Gasteiger partial charge in [-0.3, -0.25) is 5.10 Å². The summed E-state index contributed by atoms with van der Waals surface area (Å²) in [5.41, 5.74) is 1.22. The molecule has 0 aliphatic carbocycles. The monoisotopic (exact) mass is 277 g/mol. The zero-order chi connectivity index (χ0) is 13.7. The smallest absolute Gasteiger partial charge is 0.195 e. The van der Waals surface area contributed by atoms with Crippen molar-refractivity contribution in [2.75, 3.05) is 0 Å². The molecule has 1 heterocycles. The van der Waals surface area contributed by atoms with Crippen LogP contribution in [0.2, 0.25) is 0 Å². The van der Waals surface area contributed by atoms with Crippen molar-refractivity contribution in [3.63, 3.8) is 0 Å². The minimum absolute atomic E-state index is 0.430.